The summed E-state index contributed by atoms with van der Waals surface area (Å²) in [6, 6.07) is 17.4. The highest BCUT2D eigenvalue weighted by Gasteiger charge is 2.32. The second-order valence-corrected chi connectivity index (χ2v) is 12.7. The van der Waals surface area contributed by atoms with E-state index in [1.54, 1.807) is 0 Å². The average Bonchev–Trinajstić information content (AvgIpc) is 3.56. The molecule has 0 saturated heterocycles. The molecular weight excluding hydrogens is 705 g/mol. The van der Waals surface area contributed by atoms with E-state index in [9.17, 15) is 24.3 Å². The lowest BCUT2D eigenvalue weighted by Crippen LogP contribution is -2.21. The molecule has 13 heteroatoms. The highest BCUT2D eigenvalue weighted by atomic mass is 35.5. The normalized spacial score (nSPS) is 11.9. The van der Waals surface area contributed by atoms with Crippen LogP contribution in [0.2, 0.25) is 10.0 Å². The van der Waals surface area contributed by atoms with Crippen molar-refractivity contribution in [3.05, 3.63) is 128 Å². The van der Waals surface area contributed by atoms with E-state index in [-0.39, 0.29) is 61.2 Å². The van der Waals surface area contributed by atoms with Crippen molar-refractivity contribution in [2.24, 2.45) is 0 Å². The third-order valence-electron chi connectivity index (χ3n) is 8.86. The lowest BCUT2D eigenvalue weighted by molar-refractivity contribution is -0.160. The van der Waals surface area contributed by atoms with Gasteiger partial charge in [0.2, 0.25) is 0 Å². The molecule has 260 valence electrons. The van der Waals surface area contributed by atoms with Crippen LogP contribution in [-0.2, 0) is 20.7 Å². The fraction of sp³-hybridized carbons (Fsp3) is 0.158. The second kappa shape index (κ2) is 13.7. The maximum absolute atomic E-state index is 15.8. The molecule has 6 aromatic rings. The molecule has 51 heavy (non-hydrogen) atoms. The number of benzene rings is 4. The molecule has 0 bridgehead atoms. The first kappa shape index (κ1) is 35.3. The van der Waals surface area contributed by atoms with Gasteiger partial charge in [0, 0.05) is 43.3 Å². The van der Waals surface area contributed by atoms with Gasteiger partial charge in [0.25, 0.3) is 11.8 Å². The van der Waals surface area contributed by atoms with Crippen LogP contribution in [0.4, 0.5) is 8.78 Å². The summed E-state index contributed by atoms with van der Waals surface area (Å²) in [7, 11) is 1.27. The van der Waals surface area contributed by atoms with E-state index in [1.807, 2.05) is 0 Å². The van der Waals surface area contributed by atoms with Gasteiger partial charge in [-0.3, -0.25) is 28.3 Å². The van der Waals surface area contributed by atoms with Crippen molar-refractivity contribution in [1.82, 2.24) is 9.13 Å². The average molecular weight is 734 g/mol. The summed E-state index contributed by atoms with van der Waals surface area (Å²) in [5, 5.41) is 10.7. The molecule has 1 atom stereocenters. The molecule has 0 aliphatic rings. The van der Waals surface area contributed by atoms with Gasteiger partial charge in [-0.15, -0.1) is 0 Å². The van der Waals surface area contributed by atoms with Crippen molar-refractivity contribution in [1.29, 1.82) is 0 Å². The van der Waals surface area contributed by atoms with Crippen LogP contribution in [0.3, 0.4) is 0 Å². The molecule has 0 aliphatic heterocycles. The maximum Gasteiger partial charge on any atom is 0.320 e. The van der Waals surface area contributed by atoms with Crippen molar-refractivity contribution < 1.29 is 42.5 Å². The summed E-state index contributed by atoms with van der Waals surface area (Å²) < 4.78 is 44.2. The van der Waals surface area contributed by atoms with Gasteiger partial charge in [-0.05, 0) is 105 Å². The zero-order valence-electron chi connectivity index (χ0n) is 27.5. The molecule has 0 radical (unpaired) electrons. The number of halogens is 4. The number of nitrogens with zero attached hydrogens (tertiary/aromatic N) is 2. The summed E-state index contributed by atoms with van der Waals surface area (Å²) in [6.45, 7) is 4.39. The number of carbonyl (C=O) groups excluding carboxylic acids is 4. The molecule has 0 spiro atoms. The Morgan fingerprint density at radius 1 is 0.745 bits per heavy atom. The Labute approximate surface area is 299 Å². The first-order valence-corrected chi connectivity index (χ1v) is 16.2. The predicted octanol–water partition coefficient (Wildman–Crippen LogP) is 8.31. The van der Waals surface area contributed by atoms with Crippen LogP contribution in [0.5, 0.6) is 11.5 Å². The standard InChI is InChI=1S/C38H28Cl2F2N2O7/c1-18(31-20(3)44(27-13-15-28(45)34(41)33(27)31)37(48)22-7-11-24(40)12-8-22)38(49)51-30(46)17-25-19(2)43(36(47)21-5-9-23(39)10-6-21)26-14-16-29(50-4)35(42)32(25)26/h5-16,18,45H,17H2,1-4H3. The van der Waals surface area contributed by atoms with Gasteiger partial charge in [-0.25, -0.2) is 8.78 Å². The summed E-state index contributed by atoms with van der Waals surface area (Å²) >= 11 is 12.0. The number of esters is 2. The summed E-state index contributed by atoms with van der Waals surface area (Å²) in [4.78, 5) is 54.3. The van der Waals surface area contributed by atoms with Crippen molar-refractivity contribution in [3.63, 3.8) is 0 Å². The lowest BCUT2D eigenvalue weighted by atomic mass is 9.97. The smallest absolute Gasteiger partial charge is 0.320 e. The number of fused-ring (bicyclic) bond motifs is 2. The van der Waals surface area contributed by atoms with Crippen molar-refractivity contribution in [2.75, 3.05) is 7.11 Å². The molecule has 0 fully saturated rings. The van der Waals surface area contributed by atoms with Crippen LogP contribution in [-0.4, -0.2) is 45.1 Å². The third-order valence-corrected chi connectivity index (χ3v) is 9.37. The number of hydrogen-bond donors (Lipinski definition) is 1. The highest BCUT2D eigenvalue weighted by molar-refractivity contribution is 6.31. The molecule has 1 N–H and O–H groups in total. The Kier molecular flexibility index (Phi) is 9.45. The van der Waals surface area contributed by atoms with Gasteiger partial charge in [-0.1, -0.05) is 23.2 Å². The monoisotopic (exact) mass is 732 g/mol. The quantitative estimate of drug-likeness (QED) is 0.130. The number of rotatable bonds is 7. The summed E-state index contributed by atoms with van der Waals surface area (Å²) in [5.41, 5.74) is 1.15. The van der Waals surface area contributed by atoms with Crippen molar-refractivity contribution in [2.45, 2.75) is 33.1 Å². The number of phenolic OH excluding ortho intramolecular Hbond substituents is 1. The van der Waals surface area contributed by atoms with E-state index >= 15 is 8.78 Å². The number of methoxy groups -OCH3 is 1. The SMILES string of the molecule is COc1ccc2c(c1F)c(CC(=O)OC(=O)C(C)c1c(C)n(C(=O)c3ccc(Cl)cc3)c3ccc(O)c(F)c13)c(C)n2C(=O)c1ccc(Cl)cc1. The fourth-order valence-electron chi connectivity index (χ4n) is 6.37. The largest absolute Gasteiger partial charge is 0.505 e. The van der Waals surface area contributed by atoms with E-state index in [0.717, 1.165) is 6.07 Å². The molecule has 1 unspecified atom stereocenters. The third kappa shape index (κ3) is 6.12. The Morgan fingerprint density at radius 3 is 1.80 bits per heavy atom. The minimum atomic E-state index is -1.32. The predicted molar refractivity (Wildman–Crippen MR) is 187 cm³/mol. The number of aromatic hydroxyl groups is 1. The fourth-order valence-corrected chi connectivity index (χ4v) is 6.62. The topological polar surface area (TPSA) is 117 Å². The zero-order chi connectivity index (χ0) is 36.9. The van der Waals surface area contributed by atoms with E-state index in [4.69, 9.17) is 32.7 Å². The highest BCUT2D eigenvalue weighted by Crippen LogP contribution is 2.38. The maximum atomic E-state index is 15.8. The van der Waals surface area contributed by atoms with Crippen LogP contribution in [0.15, 0.2) is 72.8 Å². The molecule has 2 heterocycles. The van der Waals surface area contributed by atoms with Crippen molar-refractivity contribution in [3.8, 4) is 11.5 Å². The molecular formula is C38H28Cl2F2N2O7. The molecule has 0 amide bonds. The van der Waals surface area contributed by atoms with Gasteiger partial charge >= 0.3 is 11.9 Å². The van der Waals surface area contributed by atoms with Crippen molar-refractivity contribution >= 4 is 68.8 Å². The second-order valence-electron chi connectivity index (χ2n) is 11.8. The van der Waals surface area contributed by atoms with Crippen LogP contribution in [0.25, 0.3) is 21.8 Å². The number of ether oxygens (including phenoxy) is 2. The molecule has 4 aromatic carbocycles. The molecule has 6 rings (SSSR count). The van der Waals surface area contributed by atoms with E-state index in [1.165, 1.54) is 104 Å². The summed E-state index contributed by atoms with van der Waals surface area (Å²) in [5.74, 6) is -7.33. The van der Waals surface area contributed by atoms with Gasteiger partial charge in [-0.2, -0.15) is 0 Å². The van der Waals surface area contributed by atoms with Gasteiger partial charge in [0.05, 0.1) is 30.5 Å². The summed E-state index contributed by atoms with van der Waals surface area (Å²) in [6.07, 6.45) is -0.628. The molecule has 0 saturated carbocycles. The Bertz CT molecular complexity index is 2420. The number of carbonyl (C=O) groups is 4. The Hall–Kier alpha value is -5.52. The molecule has 0 aliphatic carbocycles. The molecule has 9 nitrogen and oxygen atoms in total. The Morgan fingerprint density at radius 2 is 1.25 bits per heavy atom. The van der Waals surface area contributed by atoms with Gasteiger partial charge < -0.3 is 14.6 Å². The van der Waals surface area contributed by atoms with E-state index in [2.05, 4.69) is 0 Å². The van der Waals surface area contributed by atoms with E-state index < -0.39 is 53.5 Å². The minimum absolute atomic E-state index is 0.00985. The van der Waals surface area contributed by atoms with E-state index in [0.29, 0.717) is 10.0 Å². The van der Waals surface area contributed by atoms with Crippen LogP contribution >= 0.6 is 23.2 Å². The first-order valence-electron chi connectivity index (χ1n) is 15.5. The minimum Gasteiger partial charge on any atom is -0.505 e. The van der Waals surface area contributed by atoms with Crippen LogP contribution < -0.4 is 4.74 Å². The Balaban J connectivity index is 1.36. The number of hydrogen-bond acceptors (Lipinski definition) is 7. The number of aromatic nitrogens is 2. The van der Waals surface area contributed by atoms with Crippen LogP contribution in [0.1, 0.15) is 56.1 Å². The van der Waals surface area contributed by atoms with Crippen LogP contribution in [0, 0.1) is 25.5 Å². The zero-order valence-corrected chi connectivity index (χ0v) is 29.0. The number of phenols is 1. The molecule has 2 aromatic heterocycles. The first-order chi connectivity index (χ1) is 24.2. The van der Waals surface area contributed by atoms with Gasteiger partial charge in [0.15, 0.2) is 23.1 Å². The lowest BCUT2D eigenvalue weighted by Gasteiger charge is -2.13. The van der Waals surface area contributed by atoms with Gasteiger partial charge in [0.1, 0.15) is 0 Å².